The molecule has 0 aliphatic carbocycles. The molecule has 8 heterocycles. The fourth-order valence-corrected chi connectivity index (χ4v) is 14.6. The van der Waals surface area contributed by atoms with Crippen LogP contribution < -0.4 is 31.9 Å². The van der Waals surface area contributed by atoms with Crippen LogP contribution in [0.1, 0.15) is 80.0 Å². The van der Waals surface area contributed by atoms with Crippen molar-refractivity contribution in [1.82, 2.24) is 106 Å². The standard InChI is InChI=1S/C79H97N21O6/c1-94(52-70(101)80-24-34-97-40-44-99(45-41-97)38-28-84-78(105)60-18-22-64-68(50-60)92-74(88-64)56-12-8-54(9-13-56)72-86-62-20-16-58(48-66(62)90-72)76(103)82-26-36-95-30-4-2-5-31-95)53-71(102)81-25-35-98-42-46-100(47-43-98)39-29-85-79(106)61-19-23-65-69(51-61)93-75(89-65)57-14-10-55(11-15-57)73-87-63-21-17-59(49-67(63)91-73)77(104)83-27-37-96-32-6-3-7-33-96/h8-23,48-51H,2-7,24-47,52-53H2,1H3,(H,80,101)(H,81,102)(H,82,103)(H,83,104)(H,84,105)(H,85,106)(H,86,90)(H,87,91)(H,88,92)(H,89,93). The number of nitrogens with one attached hydrogen (secondary N) is 10. The second kappa shape index (κ2) is 34.8. The first-order valence-electron chi connectivity index (χ1n) is 37.7. The van der Waals surface area contributed by atoms with Crippen molar-refractivity contribution in [3.63, 3.8) is 0 Å². The van der Waals surface area contributed by atoms with E-state index in [1.54, 1.807) is 24.1 Å². The minimum atomic E-state index is -0.145. The SMILES string of the molecule is CN(CC(=O)NCCN1CCN(CCNC(=O)c2ccc3nc(-c4ccc(-c5nc6ccc(C(=O)NCCN7CCCCC7)cc6[nH]5)cc4)[nH]c3c2)CC1)CC(=O)NCCN1CCN(CCNC(=O)c2ccc3nc(-c4ccc(-c5nc6ccc(C(=O)NCCN7CCCCC7)cc6[nH]5)cc4)[nH]c3c2)CC1. The summed E-state index contributed by atoms with van der Waals surface area (Å²) in [6.07, 6.45) is 7.48. The van der Waals surface area contributed by atoms with Gasteiger partial charge in [-0.3, -0.25) is 53.3 Å². The molecule has 4 saturated heterocycles. The van der Waals surface area contributed by atoms with E-state index in [4.69, 9.17) is 19.9 Å². The van der Waals surface area contributed by atoms with Crippen LogP contribution in [0.3, 0.4) is 0 Å². The molecule has 14 rings (SSSR count). The van der Waals surface area contributed by atoms with Crippen molar-refractivity contribution < 1.29 is 28.8 Å². The van der Waals surface area contributed by atoms with Gasteiger partial charge in [0.2, 0.25) is 11.8 Å². The zero-order chi connectivity index (χ0) is 72.7. The number of likely N-dealkylation sites (N-methyl/N-ethyl adjacent to an activating group) is 1. The predicted octanol–water partition coefficient (Wildman–Crippen LogP) is 5.85. The molecule has 10 aromatic rings. The number of rotatable bonds is 30. The minimum absolute atomic E-state index is 0.0865. The van der Waals surface area contributed by atoms with Crippen LogP contribution in [0, 0.1) is 0 Å². The quantitative estimate of drug-likeness (QED) is 0.0252. The Balaban J connectivity index is 0.427. The number of piperidine rings is 2. The van der Waals surface area contributed by atoms with E-state index in [9.17, 15) is 28.8 Å². The van der Waals surface area contributed by atoms with Gasteiger partial charge in [0.15, 0.2) is 0 Å². The molecule has 554 valence electrons. The van der Waals surface area contributed by atoms with Gasteiger partial charge in [-0.2, -0.15) is 0 Å². The summed E-state index contributed by atoms with van der Waals surface area (Å²) in [6.45, 7) is 19.5. The Bertz CT molecular complexity index is 4400. The summed E-state index contributed by atoms with van der Waals surface area (Å²) in [4.78, 5) is 127. The molecule has 0 saturated carbocycles. The number of carbonyl (C=O) groups excluding carboxylic acids is 6. The van der Waals surface area contributed by atoms with E-state index in [1.165, 1.54) is 38.5 Å². The van der Waals surface area contributed by atoms with Gasteiger partial charge in [-0.15, -0.1) is 0 Å². The summed E-state index contributed by atoms with van der Waals surface area (Å²) in [5.74, 6) is 2.09. The van der Waals surface area contributed by atoms with Crippen LogP contribution in [0.25, 0.3) is 89.7 Å². The third kappa shape index (κ3) is 19.0. The van der Waals surface area contributed by atoms with Gasteiger partial charge in [0.1, 0.15) is 23.3 Å². The van der Waals surface area contributed by atoms with Gasteiger partial charge in [-0.1, -0.05) is 61.4 Å². The number of H-pyrrole nitrogens is 4. The maximum absolute atomic E-state index is 13.3. The average molecular weight is 1440 g/mol. The molecule has 106 heavy (non-hydrogen) atoms. The van der Waals surface area contributed by atoms with Gasteiger partial charge in [0.25, 0.3) is 23.6 Å². The predicted molar refractivity (Wildman–Crippen MR) is 412 cm³/mol. The summed E-state index contributed by atoms with van der Waals surface area (Å²) < 4.78 is 0. The summed E-state index contributed by atoms with van der Waals surface area (Å²) in [7, 11) is 1.77. The highest BCUT2D eigenvalue weighted by Gasteiger charge is 2.23. The molecular formula is C79H97N21O6. The molecule has 4 aliphatic rings. The molecule has 0 bridgehead atoms. The number of benzene rings is 6. The van der Waals surface area contributed by atoms with Crippen LogP contribution in [-0.4, -0.2) is 287 Å². The van der Waals surface area contributed by atoms with Crippen LogP contribution in [0.2, 0.25) is 0 Å². The number of hydrogen-bond acceptors (Lipinski definition) is 17. The van der Waals surface area contributed by atoms with E-state index in [0.717, 1.165) is 184 Å². The van der Waals surface area contributed by atoms with Gasteiger partial charge in [0.05, 0.1) is 57.2 Å². The Kier molecular flexibility index (Phi) is 23.8. The van der Waals surface area contributed by atoms with E-state index in [0.29, 0.717) is 84.8 Å². The second-order valence-corrected chi connectivity index (χ2v) is 28.5. The number of carbonyl (C=O) groups is 6. The summed E-state index contributed by atoms with van der Waals surface area (Å²) >= 11 is 0. The Morgan fingerprint density at radius 1 is 0.311 bits per heavy atom. The number of fused-ring (bicyclic) bond motifs is 4. The maximum Gasteiger partial charge on any atom is 0.251 e. The highest BCUT2D eigenvalue weighted by molar-refractivity contribution is 6.00. The molecule has 0 atom stereocenters. The number of piperazine rings is 2. The fraction of sp³-hybridized carbons (Fsp3) is 0.418. The molecule has 4 aromatic heterocycles. The first-order valence-corrected chi connectivity index (χ1v) is 37.7. The van der Waals surface area contributed by atoms with Crippen LogP contribution in [0.5, 0.6) is 0 Å². The molecule has 6 aromatic carbocycles. The maximum atomic E-state index is 13.3. The molecule has 0 radical (unpaired) electrons. The molecular weight excluding hydrogens is 1340 g/mol. The van der Waals surface area contributed by atoms with Crippen molar-refractivity contribution in [3.8, 4) is 45.6 Å². The summed E-state index contributed by atoms with van der Waals surface area (Å²) in [5, 5.41) is 18.4. The van der Waals surface area contributed by atoms with E-state index in [2.05, 4.69) is 81.2 Å². The van der Waals surface area contributed by atoms with E-state index >= 15 is 0 Å². The highest BCUT2D eigenvalue weighted by Crippen LogP contribution is 2.29. The number of aromatic nitrogens is 8. The van der Waals surface area contributed by atoms with Crippen LogP contribution in [0.15, 0.2) is 121 Å². The van der Waals surface area contributed by atoms with E-state index in [-0.39, 0.29) is 48.5 Å². The monoisotopic (exact) mass is 1440 g/mol. The van der Waals surface area contributed by atoms with Crippen molar-refractivity contribution in [3.05, 3.63) is 144 Å². The molecule has 27 nitrogen and oxygen atoms in total. The van der Waals surface area contributed by atoms with Crippen molar-refractivity contribution in [2.75, 3.05) is 177 Å². The Morgan fingerprint density at radius 2 is 0.538 bits per heavy atom. The Labute approximate surface area is 616 Å². The fourth-order valence-electron chi connectivity index (χ4n) is 14.6. The van der Waals surface area contributed by atoms with Crippen LogP contribution in [0.4, 0.5) is 0 Å². The number of imidazole rings is 4. The largest absolute Gasteiger partial charge is 0.354 e. The normalized spacial score (nSPS) is 16.1. The molecule has 27 heteroatoms. The first kappa shape index (κ1) is 72.7. The minimum Gasteiger partial charge on any atom is -0.354 e. The third-order valence-corrected chi connectivity index (χ3v) is 20.8. The zero-order valence-corrected chi connectivity index (χ0v) is 60.5. The van der Waals surface area contributed by atoms with Crippen molar-refractivity contribution in [2.24, 2.45) is 0 Å². The van der Waals surface area contributed by atoms with Gasteiger partial charge in [-0.05, 0) is 132 Å². The van der Waals surface area contributed by atoms with Gasteiger partial charge in [-0.25, -0.2) is 19.9 Å². The third-order valence-electron chi connectivity index (χ3n) is 20.8. The number of aromatic amines is 4. The second-order valence-electron chi connectivity index (χ2n) is 28.5. The van der Waals surface area contributed by atoms with Gasteiger partial charge < -0.3 is 61.6 Å². The molecule has 0 spiro atoms. The number of amides is 6. The van der Waals surface area contributed by atoms with Crippen LogP contribution >= 0.6 is 0 Å². The first-order chi connectivity index (χ1) is 51.8. The highest BCUT2D eigenvalue weighted by atomic mass is 16.2. The lowest BCUT2D eigenvalue weighted by atomic mass is 10.1. The van der Waals surface area contributed by atoms with Gasteiger partial charge >= 0.3 is 0 Å². The number of likely N-dealkylation sites (tertiary alicyclic amines) is 2. The van der Waals surface area contributed by atoms with E-state index < -0.39 is 0 Å². The van der Waals surface area contributed by atoms with Crippen molar-refractivity contribution in [1.29, 1.82) is 0 Å². The lowest BCUT2D eigenvalue weighted by molar-refractivity contribution is -0.124. The van der Waals surface area contributed by atoms with Crippen molar-refractivity contribution in [2.45, 2.75) is 38.5 Å². The van der Waals surface area contributed by atoms with E-state index in [1.807, 2.05) is 109 Å². The Morgan fingerprint density at radius 3 is 0.783 bits per heavy atom. The number of nitrogens with zero attached hydrogens (tertiary/aromatic N) is 11. The lowest BCUT2D eigenvalue weighted by Crippen LogP contribution is -2.50. The topological polar surface area (TPSA) is 312 Å². The molecule has 10 N–H and O–H groups in total. The molecule has 0 unspecified atom stereocenters. The number of hydrogen-bond donors (Lipinski definition) is 10. The summed E-state index contributed by atoms with van der Waals surface area (Å²) in [5.41, 5.74) is 12.1. The Hall–Kier alpha value is -10.3. The van der Waals surface area contributed by atoms with Crippen molar-refractivity contribution >= 4 is 79.6 Å². The lowest BCUT2D eigenvalue weighted by Gasteiger charge is -2.34. The molecule has 4 fully saturated rings. The average Bonchev–Trinajstić information content (AvgIpc) is 1.66. The van der Waals surface area contributed by atoms with Crippen LogP contribution in [-0.2, 0) is 9.59 Å². The molecule has 4 aliphatic heterocycles. The van der Waals surface area contributed by atoms with Gasteiger partial charge in [0, 0.05) is 175 Å². The smallest absolute Gasteiger partial charge is 0.251 e. The summed E-state index contributed by atoms with van der Waals surface area (Å²) in [6, 6.07) is 38.1. The molecule has 6 amide bonds. The zero-order valence-electron chi connectivity index (χ0n) is 60.5.